The molecule has 0 aliphatic rings. The molecule has 0 aliphatic heterocycles. The highest BCUT2D eigenvalue weighted by molar-refractivity contribution is 6.06. The van der Waals surface area contributed by atoms with Crippen molar-refractivity contribution in [1.82, 2.24) is 15.0 Å². The first-order valence-corrected chi connectivity index (χ1v) is 6.29. The van der Waals surface area contributed by atoms with Crippen molar-refractivity contribution in [2.75, 3.05) is 12.4 Å². The Morgan fingerprint density at radius 3 is 2.62 bits per heavy atom. The van der Waals surface area contributed by atoms with Gasteiger partial charge in [0.2, 0.25) is 5.82 Å². The van der Waals surface area contributed by atoms with Gasteiger partial charge in [-0.3, -0.25) is 9.78 Å². The Morgan fingerprint density at radius 2 is 1.86 bits per heavy atom. The Labute approximate surface area is 120 Å². The molecule has 21 heavy (non-hydrogen) atoms. The van der Waals surface area contributed by atoms with Crippen LogP contribution in [0.1, 0.15) is 10.6 Å². The number of rotatable bonds is 3. The van der Waals surface area contributed by atoms with Crippen molar-refractivity contribution in [2.24, 2.45) is 0 Å². The Hall–Kier alpha value is -3.02. The fraction of sp³-hybridized carbons (Fsp3) is 0.0667. The molecule has 2 aromatic heterocycles. The molecule has 0 radical (unpaired) electrons. The highest BCUT2D eigenvalue weighted by Gasteiger charge is 2.12. The summed E-state index contributed by atoms with van der Waals surface area (Å²) < 4.78 is 5.24. The van der Waals surface area contributed by atoms with Gasteiger partial charge < -0.3 is 10.1 Å². The zero-order valence-corrected chi connectivity index (χ0v) is 11.3. The fourth-order valence-corrected chi connectivity index (χ4v) is 1.97. The van der Waals surface area contributed by atoms with Gasteiger partial charge in [-0.1, -0.05) is 6.07 Å². The normalized spacial score (nSPS) is 10.3. The lowest BCUT2D eigenvalue weighted by atomic mass is 10.1. The van der Waals surface area contributed by atoms with Crippen LogP contribution in [0.2, 0.25) is 0 Å². The predicted molar refractivity (Wildman–Crippen MR) is 78.3 cm³/mol. The highest BCUT2D eigenvalue weighted by Crippen LogP contribution is 2.27. The van der Waals surface area contributed by atoms with Crippen LogP contribution in [0.25, 0.3) is 10.9 Å². The Bertz CT molecular complexity index is 790. The summed E-state index contributed by atoms with van der Waals surface area (Å²) >= 11 is 0. The van der Waals surface area contributed by atoms with E-state index in [0.717, 1.165) is 5.39 Å². The van der Waals surface area contributed by atoms with Crippen molar-refractivity contribution < 1.29 is 9.53 Å². The van der Waals surface area contributed by atoms with Crippen molar-refractivity contribution >= 4 is 22.5 Å². The molecule has 3 rings (SSSR count). The first kappa shape index (κ1) is 13.0. The van der Waals surface area contributed by atoms with Crippen molar-refractivity contribution in [3.05, 3.63) is 54.7 Å². The van der Waals surface area contributed by atoms with E-state index in [9.17, 15) is 4.79 Å². The Balaban J connectivity index is 2.02. The van der Waals surface area contributed by atoms with E-state index in [-0.39, 0.29) is 5.82 Å². The lowest BCUT2D eigenvalue weighted by molar-refractivity contribution is 0.101. The summed E-state index contributed by atoms with van der Waals surface area (Å²) in [6, 6.07) is 8.96. The van der Waals surface area contributed by atoms with Crippen LogP contribution < -0.4 is 10.1 Å². The van der Waals surface area contributed by atoms with E-state index in [1.807, 2.05) is 18.2 Å². The molecule has 1 aromatic carbocycles. The fourth-order valence-electron chi connectivity index (χ4n) is 1.97. The van der Waals surface area contributed by atoms with Gasteiger partial charge in [0.1, 0.15) is 5.75 Å². The number of carbonyl (C=O) groups excluding carboxylic acids is 1. The molecule has 0 atom stereocenters. The highest BCUT2D eigenvalue weighted by atomic mass is 16.5. The number of ether oxygens (including phenoxy) is 1. The van der Waals surface area contributed by atoms with Crippen LogP contribution in [0.5, 0.6) is 5.75 Å². The Morgan fingerprint density at radius 1 is 1.10 bits per heavy atom. The average Bonchev–Trinajstić information content (AvgIpc) is 2.55. The first-order valence-electron chi connectivity index (χ1n) is 6.29. The summed E-state index contributed by atoms with van der Waals surface area (Å²) in [7, 11) is 1.57. The van der Waals surface area contributed by atoms with Gasteiger partial charge in [-0.15, -0.1) is 0 Å². The summed E-state index contributed by atoms with van der Waals surface area (Å²) in [5.41, 5.74) is 1.24. The maximum absolute atomic E-state index is 12.2. The molecule has 0 saturated heterocycles. The van der Waals surface area contributed by atoms with Gasteiger partial charge in [0.05, 0.1) is 18.3 Å². The lowest BCUT2D eigenvalue weighted by Gasteiger charge is -2.09. The van der Waals surface area contributed by atoms with Crippen LogP contribution in [0.3, 0.4) is 0 Å². The number of carbonyl (C=O) groups is 1. The van der Waals surface area contributed by atoms with E-state index in [1.54, 1.807) is 25.4 Å². The summed E-state index contributed by atoms with van der Waals surface area (Å²) in [4.78, 5) is 24.3. The van der Waals surface area contributed by atoms with E-state index in [2.05, 4.69) is 20.3 Å². The van der Waals surface area contributed by atoms with Crippen LogP contribution in [0.4, 0.5) is 5.69 Å². The molecule has 1 amide bonds. The quantitative estimate of drug-likeness (QED) is 0.796. The van der Waals surface area contributed by atoms with Crippen LogP contribution in [-0.4, -0.2) is 28.0 Å². The maximum Gasteiger partial charge on any atom is 0.293 e. The summed E-state index contributed by atoms with van der Waals surface area (Å²) in [6.07, 6.45) is 4.71. The number of anilines is 1. The van der Waals surface area contributed by atoms with Gasteiger partial charge >= 0.3 is 0 Å². The molecule has 1 N–H and O–H groups in total. The SMILES string of the molecule is COc1cc(NC(=O)c2ncccn2)c2ncccc2c1. The third-order valence-electron chi connectivity index (χ3n) is 2.93. The molecule has 6 heteroatoms. The van der Waals surface area contributed by atoms with E-state index in [0.29, 0.717) is 17.0 Å². The van der Waals surface area contributed by atoms with Gasteiger partial charge in [0.15, 0.2) is 0 Å². The third-order valence-corrected chi connectivity index (χ3v) is 2.93. The van der Waals surface area contributed by atoms with Gasteiger partial charge in [-0.2, -0.15) is 0 Å². The minimum Gasteiger partial charge on any atom is -0.497 e. The maximum atomic E-state index is 12.2. The molecular weight excluding hydrogens is 268 g/mol. The number of fused-ring (bicyclic) bond motifs is 1. The van der Waals surface area contributed by atoms with Crippen LogP contribution >= 0.6 is 0 Å². The van der Waals surface area contributed by atoms with Crippen molar-refractivity contribution in [3.63, 3.8) is 0 Å². The average molecular weight is 280 g/mol. The summed E-state index contributed by atoms with van der Waals surface area (Å²) in [6.45, 7) is 0. The summed E-state index contributed by atoms with van der Waals surface area (Å²) in [5.74, 6) is 0.347. The van der Waals surface area contributed by atoms with Crippen LogP contribution in [-0.2, 0) is 0 Å². The predicted octanol–water partition coefficient (Wildman–Crippen LogP) is 2.29. The topological polar surface area (TPSA) is 77.0 Å². The van der Waals surface area contributed by atoms with Gasteiger partial charge in [-0.25, -0.2) is 9.97 Å². The molecule has 0 fully saturated rings. The minimum absolute atomic E-state index is 0.101. The summed E-state index contributed by atoms with van der Waals surface area (Å²) in [5, 5.41) is 3.65. The van der Waals surface area contributed by atoms with E-state index >= 15 is 0 Å². The smallest absolute Gasteiger partial charge is 0.293 e. The molecule has 104 valence electrons. The van der Waals surface area contributed by atoms with E-state index in [4.69, 9.17) is 4.74 Å². The molecule has 0 unspecified atom stereocenters. The zero-order valence-electron chi connectivity index (χ0n) is 11.3. The molecule has 0 spiro atoms. The minimum atomic E-state index is -0.393. The third kappa shape index (κ3) is 2.64. The molecular formula is C15H12N4O2. The van der Waals surface area contributed by atoms with Gasteiger partial charge in [-0.05, 0) is 18.2 Å². The number of pyridine rings is 1. The zero-order chi connectivity index (χ0) is 14.7. The standard InChI is InChI=1S/C15H12N4O2/c1-21-11-8-10-4-2-5-16-13(10)12(9-11)19-15(20)14-17-6-3-7-18-14/h2-9H,1H3,(H,19,20). The van der Waals surface area contributed by atoms with E-state index in [1.165, 1.54) is 12.4 Å². The number of aromatic nitrogens is 3. The van der Waals surface area contributed by atoms with Crippen LogP contribution in [0.15, 0.2) is 48.9 Å². The van der Waals surface area contributed by atoms with Crippen molar-refractivity contribution in [2.45, 2.75) is 0 Å². The number of benzene rings is 1. The number of nitrogens with one attached hydrogen (secondary N) is 1. The van der Waals surface area contributed by atoms with Gasteiger partial charge in [0.25, 0.3) is 5.91 Å². The number of hydrogen-bond acceptors (Lipinski definition) is 5. The molecule has 0 saturated carbocycles. The number of methoxy groups -OCH3 is 1. The second kappa shape index (κ2) is 5.54. The largest absolute Gasteiger partial charge is 0.497 e. The number of hydrogen-bond donors (Lipinski definition) is 1. The monoisotopic (exact) mass is 280 g/mol. The number of nitrogens with zero attached hydrogens (tertiary/aromatic N) is 3. The molecule has 3 aromatic rings. The lowest BCUT2D eigenvalue weighted by Crippen LogP contribution is -2.15. The van der Waals surface area contributed by atoms with Gasteiger partial charge in [0, 0.05) is 30.0 Å². The molecule has 0 aliphatic carbocycles. The molecule has 0 bridgehead atoms. The second-order valence-corrected chi connectivity index (χ2v) is 4.28. The van der Waals surface area contributed by atoms with Crippen molar-refractivity contribution in [1.29, 1.82) is 0 Å². The Kier molecular flexibility index (Phi) is 3.42. The molecule has 6 nitrogen and oxygen atoms in total. The second-order valence-electron chi connectivity index (χ2n) is 4.28. The first-order chi connectivity index (χ1) is 10.3. The van der Waals surface area contributed by atoms with Crippen molar-refractivity contribution in [3.8, 4) is 5.75 Å². The van der Waals surface area contributed by atoms with Crippen LogP contribution in [0, 0.1) is 0 Å². The van der Waals surface area contributed by atoms with E-state index < -0.39 is 5.91 Å². The molecule has 2 heterocycles. The number of amides is 1.